The van der Waals surface area contributed by atoms with Crippen LogP contribution in [-0.2, 0) is 0 Å². The van der Waals surface area contributed by atoms with Gasteiger partial charge in [0.25, 0.3) is 0 Å². The van der Waals surface area contributed by atoms with E-state index in [0.717, 1.165) is 28.1 Å². The standard InChI is InChI=1S/C13H17NO2/c1-7-6-9-10(11(16-5)8(7)2)14-13(3,4)12(9)15/h6,14H,1-5H3. The van der Waals surface area contributed by atoms with E-state index in [2.05, 4.69) is 5.32 Å². The van der Waals surface area contributed by atoms with Crippen molar-refractivity contribution in [3.63, 3.8) is 0 Å². The molecule has 0 radical (unpaired) electrons. The van der Waals surface area contributed by atoms with E-state index in [0.29, 0.717) is 0 Å². The van der Waals surface area contributed by atoms with Crippen molar-refractivity contribution in [2.24, 2.45) is 0 Å². The molecule has 0 amide bonds. The second kappa shape index (κ2) is 3.24. The first-order chi connectivity index (χ1) is 7.38. The molecule has 0 unspecified atom stereocenters. The van der Waals surface area contributed by atoms with E-state index in [-0.39, 0.29) is 5.78 Å². The van der Waals surface area contributed by atoms with Crippen molar-refractivity contribution in [2.75, 3.05) is 12.4 Å². The number of ether oxygens (including phenoxy) is 1. The number of anilines is 1. The average molecular weight is 219 g/mol. The van der Waals surface area contributed by atoms with Crippen LogP contribution in [0.5, 0.6) is 5.75 Å². The van der Waals surface area contributed by atoms with Gasteiger partial charge in [0, 0.05) is 5.56 Å². The van der Waals surface area contributed by atoms with Crippen molar-refractivity contribution in [1.82, 2.24) is 0 Å². The number of hydrogen-bond donors (Lipinski definition) is 1. The zero-order chi connectivity index (χ0) is 12.1. The SMILES string of the molecule is COc1c(C)c(C)cc2c1NC(C)(C)C2=O. The van der Waals surface area contributed by atoms with Gasteiger partial charge in [-0.2, -0.15) is 0 Å². The topological polar surface area (TPSA) is 38.3 Å². The van der Waals surface area contributed by atoms with Gasteiger partial charge in [-0.3, -0.25) is 4.79 Å². The molecule has 1 N–H and O–H groups in total. The van der Waals surface area contributed by atoms with Gasteiger partial charge in [0.2, 0.25) is 0 Å². The lowest BCUT2D eigenvalue weighted by Gasteiger charge is -2.17. The lowest BCUT2D eigenvalue weighted by molar-refractivity contribution is 0.0939. The number of fused-ring (bicyclic) bond motifs is 1. The second-order valence-corrected chi connectivity index (χ2v) is 4.85. The summed E-state index contributed by atoms with van der Waals surface area (Å²) in [6, 6.07) is 1.94. The van der Waals surface area contributed by atoms with E-state index in [1.807, 2.05) is 33.8 Å². The fourth-order valence-electron chi connectivity index (χ4n) is 2.15. The van der Waals surface area contributed by atoms with Crippen LogP contribution in [0.2, 0.25) is 0 Å². The van der Waals surface area contributed by atoms with Crippen molar-refractivity contribution in [2.45, 2.75) is 33.2 Å². The van der Waals surface area contributed by atoms with Crippen LogP contribution in [0.3, 0.4) is 0 Å². The molecule has 3 heteroatoms. The second-order valence-electron chi connectivity index (χ2n) is 4.85. The van der Waals surface area contributed by atoms with Gasteiger partial charge in [0.1, 0.15) is 5.75 Å². The van der Waals surface area contributed by atoms with Gasteiger partial charge in [-0.1, -0.05) is 0 Å². The molecule has 0 saturated heterocycles. The number of carbonyl (C=O) groups excluding carboxylic acids is 1. The number of rotatable bonds is 1. The van der Waals surface area contributed by atoms with E-state index in [9.17, 15) is 4.79 Å². The summed E-state index contributed by atoms with van der Waals surface area (Å²) in [6.45, 7) is 7.78. The molecule has 16 heavy (non-hydrogen) atoms. The van der Waals surface area contributed by atoms with Crippen molar-refractivity contribution in [3.8, 4) is 5.75 Å². The summed E-state index contributed by atoms with van der Waals surface area (Å²) in [6.07, 6.45) is 0. The highest BCUT2D eigenvalue weighted by Gasteiger charge is 2.39. The van der Waals surface area contributed by atoms with Crippen LogP contribution < -0.4 is 10.1 Å². The summed E-state index contributed by atoms with van der Waals surface area (Å²) < 4.78 is 5.40. The number of aryl methyl sites for hydroxylation is 1. The summed E-state index contributed by atoms with van der Waals surface area (Å²) in [5.41, 5.74) is 3.21. The van der Waals surface area contributed by atoms with Gasteiger partial charge in [-0.15, -0.1) is 0 Å². The Morgan fingerprint density at radius 2 is 1.94 bits per heavy atom. The average Bonchev–Trinajstić information content (AvgIpc) is 2.42. The van der Waals surface area contributed by atoms with Crippen LogP contribution in [0, 0.1) is 13.8 Å². The van der Waals surface area contributed by atoms with E-state index in [1.165, 1.54) is 0 Å². The third-order valence-corrected chi connectivity index (χ3v) is 3.24. The molecule has 0 aromatic heterocycles. The number of methoxy groups -OCH3 is 1. The molecule has 3 nitrogen and oxygen atoms in total. The Morgan fingerprint density at radius 3 is 2.50 bits per heavy atom. The predicted molar refractivity (Wildman–Crippen MR) is 64.5 cm³/mol. The number of ketones is 1. The summed E-state index contributed by atoms with van der Waals surface area (Å²) >= 11 is 0. The maximum absolute atomic E-state index is 12.1. The summed E-state index contributed by atoms with van der Waals surface area (Å²) in [4.78, 5) is 12.1. The zero-order valence-corrected chi connectivity index (χ0v) is 10.4. The highest BCUT2D eigenvalue weighted by molar-refractivity contribution is 6.14. The minimum Gasteiger partial charge on any atom is -0.494 e. The normalized spacial score (nSPS) is 16.9. The van der Waals surface area contributed by atoms with Gasteiger partial charge >= 0.3 is 0 Å². The van der Waals surface area contributed by atoms with Crippen molar-refractivity contribution in [1.29, 1.82) is 0 Å². The van der Waals surface area contributed by atoms with Crippen LogP contribution in [0.4, 0.5) is 5.69 Å². The molecule has 2 rings (SSSR count). The lowest BCUT2D eigenvalue weighted by Crippen LogP contribution is -2.33. The Labute approximate surface area is 95.8 Å². The number of Topliss-reactive ketones (excluding diaryl/α,β-unsaturated/α-hetero) is 1. The Morgan fingerprint density at radius 1 is 1.31 bits per heavy atom. The quantitative estimate of drug-likeness (QED) is 0.789. The predicted octanol–water partition coefficient (Wildman–Crippen LogP) is 2.70. The molecule has 1 aliphatic heterocycles. The Balaban J connectivity index is 2.71. The molecule has 0 bridgehead atoms. The van der Waals surface area contributed by atoms with Gasteiger partial charge in [0.05, 0.1) is 18.3 Å². The van der Waals surface area contributed by atoms with Gasteiger partial charge < -0.3 is 10.1 Å². The highest BCUT2D eigenvalue weighted by atomic mass is 16.5. The molecule has 1 aromatic carbocycles. The number of hydrogen-bond acceptors (Lipinski definition) is 3. The molecule has 0 fully saturated rings. The molecular weight excluding hydrogens is 202 g/mol. The minimum atomic E-state index is -0.532. The van der Waals surface area contributed by atoms with Crippen LogP contribution in [0.25, 0.3) is 0 Å². The van der Waals surface area contributed by atoms with Crippen molar-refractivity contribution >= 4 is 11.5 Å². The highest BCUT2D eigenvalue weighted by Crippen LogP contribution is 2.42. The van der Waals surface area contributed by atoms with Gasteiger partial charge in [0.15, 0.2) is 5.78 Å². The number of benzene rings is 1. The summed E-state index contributed by atoms with van der Waals surface area (Å²) in [5.74, 6) is 0.915. The summed E-state index contributed by atoms with van der Waals surface area (Å²) in [5, 5.41) is 3.24. The summed E-state index contributed by atoms with van der Waals surface area (Å²) in [7, 11) is 1.64. The zero-order valence-electron chi connectivity index (χ0n) is 10.4. The Hall–Kier alpha value is -1.51. The monoisotopic (exact) mass is 219 g/mol. The minimum absolute atomic E-state index is 0.129. The fourth-order valence-corrected chi connectivity index (χ4v) is 2.15. The van der Waals surface area contributed by atoms with Crippen LogP contribution in [0.15, 0.2) is 6.07 Å². The maximum atomic E-state index is 12.1. The van der Waals surface area contributed by atoms with Gasteiger partial charge in [-0.05, 0) is 44.9 Å². The van der Waals surface area contributed by atoms with Crippen molar-refractivity contribution < 1.29 is 9.53 Å². The molecule has 0 aliphatic carbocycles. The van der Waals surface area contributed by atoms with Crippen LogP contribution in [0.1, 0.15) is 35.3 Å². The van der Waals surface area contributed by atoms with E-state index < -0.39 is 5.54 Å². The van der Waals surface area contributed by atoms with E-state index in [4.69, 9.17) is 4.74 Å². The molecule has 0 saturated carbocycles. The van der Waals surface area contributed by atoms with Crippen molar-refractivity contribution in [3.05, 3.63) is 22.8 Å². The van der Waals surface area contributed by atoms with E-state index >= 15 is 0 Å². The first-order valence-electron chi connectivity index (χ1n) is 5.39. The molecule has 1 aromatic rings. The molecule has 0 atom stereocenters. The maximum Gasteiger partial charge on any atom is 0.189 e. The van der Waals surface area contributed by atoms with E-state index in [1.54, 1.807) is 7.11 Å². The molecule has 0 spiro atoms. The lowest BCUT2D eigenvalue weighted by atomic mass is 9.96. The molecule has 1 heterocycles. The Kier molecular flexibility index (Phi) is 2.22. The fraction of sp³-hybridized carbons (Fsp3) is 0.462. The first-order valence-corrected chi connectivity index (χ1v) is 5.39. The number of carbonyl (C=O) groups is 1. The largest absolute Gasteiger partial charge is 0.494 e. The third-order valence-electron chi connectivity index (χ3n) is 3.24. The Bertz CT molecular complexity index is 475. The molecular formula is C13H17NO2. The first kappa shape index (κ1) is 11.0. The smallest absolute Gasteiger partial charge is 0.189 e. The van der Waals surface area contributed by atoms with Crippen LogP contribution in [-0.4, -0.2) is 18.4 Å². The molecule has 86 valence electrons. The van der Waals surface area contributed by atoms with Crippen LogP contribution >= 0.6 is 0 Å². The molecule has 1 aliphatic rings. The number of nitrogens with one attached hydrogen (secondary N) is 1. The third kappa shape index (κ3) is 1.31. The van der Waals surface area contributed by atoms with Gasteiger partial charge in [-0.25, -0.2) is 0 Å².